The van der Waals surface area contributed by atoms with Crippen molar-refractivity contribution >= 4 is 46.2 Å². The van der Waals surface area contributed by atoms with Gasteiger partial charge in [-0.3, -0.25) is 4.57 Å². The van der Waals surface area contributed by atoms with Gasteiger partial charge in [-0.05, 0) is 72.8 Å². The van der Waals surface area contributed by atoms with Crippen LogP contribution in [0.3, 0.4) is 0 Å². The minimum absolute atomic E-state index is 0.816. The Hall–Kier alpha value is -1.58. The molecule has 0 saturated heterocycles. The summed E-state index contributed by atoms with van der Waals surface area (Å²) in [6, 6.07) is 23.8. The van der Waals surface area contributed by atoms with E-state index in [1.165, 1.54) is 0 Å². The Labute approximate surface area is 156 Å². The van der Waals surface area contributed by atoms with Crippen molar-refractivity contribution in [3.63, 3.8) is 0 Å². The molecule has 24 heavy (non-hydrogen) atoms. The fraction of sp³-hybridized carbons (Fsp3) is 0.100. The summed E-state index contributed by atoms with van der Waals surface area (Å²) in [6.45, 7) is 4.07. The highest BCUT2D eigenvalue weighted by atomic mass is 127. The molecule has 0 fully saturated rings. The van der Waals surface area contributed by atoms with Gasteiger partial charge in [-0.15, -0.1) is 0 Å². The zero-order valence-electron chi connectivity index (χ0n) is 13.7. The topological polar surface area (TPSA) is 29.1 Å². The van der Waals surface area contributed by atoms with E-state index in [-0.39, 0.29) is 0 Å². The fourth-order valence-corrected chi connectivity index (χ4v) is 5.47. The minimum Gasteiger partial charge on any atom is -0.328 e. The number of aryl methyl sites for hydroxylation is 2. The number of para-hydroxylation sites is 1. The van der Waals surface area contributed by atoms with E-state index < -0.39 is 7.29 Å². The molecule has 3 aromatic carbocycles. The van der Waals surface area contributed by atoms with Crippen molar-refractivity contribution in [2.75, 3.05) is 5.09 Å². The Morgan fingerprint density at radius 3 is 1.67 bits per heavy atom. The van der Waals surface area contributed by atoms with Crippen molar-refractivity contribution in [1.29, 1.82) is 0 Å². The van der Waals surface area contributed by atoms with Crippen molar-refractivity contribution in [3.8, 4) is 0 Å². The number of rotatable bonds is 4. The van der Waals surface area contributed by atoms with Crippen LogP contribution in [0.2, 0.25) is 0 Å². The molecule has 3 aromatic rings. The molecule has 122 valence electrons. The van der Waals surface area contributed by atoms with Crippen LogP contribution in [-0.2, 0) is 4.57 Å². The summed E-state index contributed by atoms with van der Waals surface area (Å²) in [5.74, 6) is 0. The zero-order valence-corrected chi connectivity index (χ0v) is 16.7. The zero-order chi connectivity index (χ0) is 17.2. The minimum atomic E-state index is -2.97. The number of anilines is 1. The van der Waals surface area contributed by atoms with Gasteiger partial charge in [0, 0.05) is 14.2 Å². The number of nitrogens with one attached hydrogen (secondary N) is 1. The molecule has 0 aliphatic heterocycles. The molecule has 0 saturated carbocycles. The van der Waals surface area contributed by atoms with Crippen molar-refractivity contribution in [1.82, 2.24) is 0 Å². The van der Waals surface area contributed by atoms with E-state index in [0.717, 1.165) is 31.0 Å². The van der Waals surface area contributed by atoms with Crippen LogP contribution in [0, 0.1) is 17.4 Å². The number of halogens is 1. The standard InChI is InChI=1S/C20H19INOP/c1-15-7-11-17(12-8-15)24(23,18-13-9-16(2)10-14-18)22-20-6-4-3-5-19(20)21/h3-14H,1-2H3,(H,22,23). The lowest BCUT2D eigenvalue weighted by molar-refractivity contribution is 0.590. The molecule has 0 amide bonds. The van der Waals surface area contributed by atoms with Crippen LogP contribution < -0.4 is 15.7 Å². The second-order valence-electron chi connectivity index (χ2n) is 5.87. The summed E-state index contributed by atoms with van der Waals surface area (Å²) in [4.78, 5) is 0. The Balaban J connectivity index is 2.13. The highest BCUT2D eigenvalue weighted by Crippen LogP contribution is 2.44. The normalized spacial score (nSPS) is 11.3. The molecule has 2 nitrogen and oxygen atoms in total. The molecule has 0 aliphatic carbocycles. The number of hydrogen-bond donors (Lipinski definition) is 1. The van der Waals surface area contributed by atoms with Crippen molar-refractivity contribution in [2.24, 2.45) is 0 Å². The van der Waals surface area contributed by atoms with Crippen molar-refractivity contribution in [2.45, 2.75) is 13.8 Å². The van der Waals surface area contributed by atoms with Crippen LogP contribution in [-0.4, -0.2) is 0 Å². The summed E-state index contributed by atoms with van der Waals surface area (Å²) >= 11 is 2.27. The highest BCUT2D eigenvalue weighted by molar-refractivity contribution is 14.1. The quantitative estimate of drug-likeness (QED) is 0.438. The van der Waals surface area contributed by atoms with Crippen LogP contribution in [0.25, 0.3) is 0 Å². The first kappa shape index (κ1) is 17.2. The van der Waals surface area contributed by atoms with Gasteiger partial charge < -0.3 is 5.09 Å². The van der Waals surface area contributed by atoms with Crippen LogP contribution in [0.1, 0.15) is 11.1 Å². The van der Waals surface area contributed by atoms with Crippen LogP contribution in [0.5, 0.6) is 0 Å². The van der Waals surface area contributed by atoms with Gasteiger partial charge in [-0.1, -0.05) is 47.5 Å². The Kier molecular flexibility index (Phi) is 5.12. The number of hydrogen-bond acceptors (Lipinski definition) is 1. The maximum Gasteiger partial charge on any atom is 0.227 e. The second-order valence-corrected chi connectivity index (χ2v) is 9.51. The third-order valence-corrected chi connectivity index (χ3v) is 7.49. The van der Waals surface area contributed by atoms with Gasteiger partial charge in [0.15, 0.2) is 0 Å². The van der Waals surface area contributed by atoms with E-state index >= 15 is 0 Å². The third-order valence-electron chi connectivity index (χ3n) is 3.95. The van der Waals surface area contributed by atoms with Crippen LogP contribution >= 0.6 is 29.9 Å². The summed E-state index contributed by atoms with van der Waals surface area (Å²) in [5, 5.41) is 4.98. The molecule has 0 aliphatic rings. The molecule has 0 atom stereocenters. The van der Waals surface area contributed by atoms with Crippen LogP contribution in [0.4, 0.5) is 5.69 Å². The summed E-state index contributed by atoms with van der Waals surface area (Å²) in [5.41, 5.74) is 3.20. The second kappa shape index (κ2) is 7.12. The van der Waals surface area contributed by atoms with E-state index in [9.17, 15) is 4.57 Å². The summed E-state index contributed by atoms with van der Waals surface area (Å²) in [7, 11) is -2.97. The van der Waals surface area contributed by atoms with Gasteiger partial charge in [0.05, 0.1) is 5.69 Å². The molecule has 4 heteroatoms. The van der Waals surface area contributed by atoms with E-state index in [0.29, 0.717) is 0 Å². The molecule has 0 heterocycles. The van der Waals surface area contributed by atoms with E-state index in [4.69, 9.17) is 0 Å². The SMILES string of the molecule is Cc1ccc(P(=O)(Nc2ccccc2I)c2ccc(C)cc2)cc1. The highest BCUT2D eigenvalue weighted by Gasteiger charge is 2.27. The van der Waals surface area contributed by atoms with Gasteiger partial charge in [-0.25, -0.2) is 0 Å². The molecule has 0 bridgehead atoms. The predicted octanol–water partition coefficient (Wildman–Crippen LogP) is 5.25. The molecule has 1 N–H and O–H groups in total. The first-order chi connectivity index (χ1) is 11.5. The van der Waals surface area contributed by atoms with Gasteiger partial charge >= 0.3 is 0 Å². The average molecular weight is 447 g/mol. The van der Waals surface area contributed by atoms with E-state index in [1.54, 1.807) is 0 Å². The molecule has 0 spiro atoms. The average Bonchev–Trinajstić information content (AvgIpc) is 2.58. The summed E-state index contributed by atoms with van der Waals surface area (Å²) in [6.07, 6.45) is 0. The Morgan fingerprint density at radius 2 is 1.21 bits per heavy atom. The molecule has 0 radical (unpaired) electrons. The lowest BCUT2D eigenvalue weighted by Crippen LogP contribution is -2.22. The third kappa shape index (κ3) is 3.57. The van der Waals surface area contributed by atoms with Gasteiger partial charge in [-0.2, -0.15) is 0 Å². The van der Waals surface area contributed by atoms with Crippen molar-refractivity contribution in [3.05, 3.63) is 87.5 Å². The molecular formula is C20H19INOP. The van der Waals surface area contributed by atoms with E-state index in [1.807, 2.05) is 86.6 Å². The largest absolute Gasteiger partial charge is 0.328 e. The first-order valence-corrected chi connectivity index (χ1v) is 10.5. The van der Waals surface area contributed by atoms with Gasteiger partial charge in [0.2, 0.25) is 7.29 Å². The predicted molar refractivity (Wildman–Crippen MR) is 112 cm³/mol. The lowest BCUT2D eigenvalue weighted by Gasteiger charge is -2.22. The molecule has 0 unspecified atom stereocenters. The molecule has 3 rings (SSSR count). The van der Waals surface area contributed by atoms with Crippen molar-refractivity contribution < 1.29 is 4.57 Å². The van der Waals surface area contributed by atoms with Crippen LogP contribution in [0.15, 0.2) is 72.8 Å². The van der Waals surface area contributed by atoms with E-state index in [2.05, 4.69) is 27.7 Å². The van der Waals surface area contributed by atoms with Gasteiger partial charge in [0.25, 0.3) is 0 Å². The maximum atomic E-state index is 14.0. The van der Waals surface area contributed by atoms with Gasteiger partial charge in [0.1, 0.15) is 0 Å². The lowest BCUT2D eigenvalue weighted by atomic mass is 10.2. The smallest absolute Gasteiger partial charge is 0.227 e. The monoisotopic (exact) mass is 447 g/mol. The fourth-order valence-electron chi connectivity index (χ4n) is 2.51. The maximum absolute atomic E-state index is 14.0. The molecule has 0 aromatic heterocycles. The number of benzene rings is 3. The summed E-state index contributed by atoms with van der Waals surface area (Å²) < 4.78 is 15.1. The Morgan fingerprint density at radius 1 is 0.750 bits per heavy atom. The molecular weight excluding hydrogens is 428 g/mol. The Bertz CT molecular complexity index is 839. The first-order valence-electron chi connectivity index (χ1n) is 7.76.